The van der Waals surface area contributed by atoms with Gasteiger partial charge < -0.3 is 4.42 Å². The lowest BCUT2D eigenvalue weighted by atomic mass is 10.4. The van der Waals surface area contributed by atoms with E-state index in [1.54, 1.807) is 31.3 Å². The molecule has 0 radical (unpaired) electrons. The summed E-state index contributed by atoms with van der Waals surface area (Å²) in [6, 6.07) is 7.66. The molecule has 0 aromatic carbocycles. The highest BCUT2D eigenvalue weighted by molar-refractivity contribution is 7.89. The maximum Gasteiger partial charge on any atom is 0.293 e. The first-order valence-corrected chi connectivity index (χ1v) is 9.35. The van der Waals surface area contributed by atoms with Gasteiger partial charge in [0.05, 0.1) is 12.2 Å². The molecule has 2 N–H and O–H groups in total. The quantitative estimate of drug-likeness (QED) is 0.665. The Morgan fingerprint density at radius 2 is 2.08 bits per heavy atom. The number of rotatable bonds is 6. The standard InChI is InChI=1S/C14H13N5O4S2/c1-9-18-19-14(24-9)17-13(20)11-5-6-12(23-11)25(21,22)16-8-10-4-2-3-7-15-10/h2-7,16H,8H2,1H3,(H,17,19,20). The average Bonchev–Trinajstić information content (AvgIpc) is 3.24. The van der Waals surface area contributed by atoms with Crippen molar-refractivity contribution in [3.63, 3.8) is 0 Å². The summed E-state index contributed by atoms with van der Waals surface area (Å²) in [7, 11) is -3.90. The summed E-state index contributed by atoms with van der Waals surface area (Å²) in [5, 5.41) is 10.7. The molecule has 1 amide bonds. The van der Waals surface area contributed by atoms with Crippen molar-refractivity contribution in [2.75, 3.05) is 5.32 Å². The number of hydrogen-bond acceptors (Lipinski definition) is 8. The summed E-state index contributed by atoms with van der Waals surface area (Å²) in [6.45, 7) is 1.76. The van der Waals surface area contributed by atoms with E-state index in [1.165, 1.54) is 23.5 Å². The summed E-state index contributed by atoms with van der Waals surface area (Å²) in [4.78, 5) is 16.1. The van der Waals surface area contributed by atoms with Gasteiger partial charge in [-0.2, -0.15) is 0 Å². The zero-order valence-electron chi connectivity index (χ0n) is 13.0. The first kappa shape index (κ1) is 17.2. The van der Waals surface area contributed by atoms with Gasteiger partial charge in [0, 0.05) is 6.20 Å². The van der Waals surface area contributed by atoms with Crippen LogP contribution in [0.1, 0.15) is 21.3 Å². The van der Waals surface area contributed by atoms with E-state index in [0.717, 1.165) is 0 Å². The SMILES string of the molecule is Cc1nnc(NC(=O)c2ccc(S(=O)(=O)NCc3ccccn3)o2)s1. The predicted octanol–water partition coefficient (Wildman–Crippen LogP) is 1.57. The Labute approximate surface area is 147 Å². The number of nitrogens with zero attached hydrogens (tertiary/aromatic N) is 3. The fraction of sp³-hybridized carbons (Fsp3) is 0.143. The van der Waals surface area contributed by atoms with Crippen molar-refractivity contribution in [1.82, 2.24) is 19.9 Å². The molecule has 25 heavy (non-hydrogen) atoms. The van der Waals surface area contributed by atoms with Gasteiger partial charge in [0.25, 0.3) is 15.9 Å². The molecule has 130 valence electrons. The van der Waals surface area contributed by atoms with Crippen LogP contribution < -0.4 is 10.0 Å². The summed E-state index contributed by atoms with van der Waals surface area (Å²) in [5.74, 6) is -0.756. The van der Waals surface area contributed by atoms with Crippen LogP contribution in [0.2, 0.25) is 0 Å². The summed E-state index contributed by atoms with van der Waals surface area (Å²) < 4.78 is 31.9. The minimum atomic E-state index is -3.90. The number of pyridine rings is 1. The highest BCUT2D eigenvalue weighted by Gasteiger charge is 2.21. The molecule has 11 heteroatoms. The second-order valence-electron chi connectivity index (χ2n) is 4.84. The second kappa shape index (κ2) is 7.09. The maximum absolute atomic E-state index is 12.2. The van der Waals surface area contributed by atoms with Crippen LogP contribution >= 0.6 is 11.3 Å². The van der Waals surface area contributed by atoms with Gasteiger partial charge >= 0.3 is 0 Å². The Bertz CT molecular complexity index is 982. The number of carbonyl (C=O) groups is 1. The molecule has 0 fully saturated rings. The Balaban J connectivity index is 1.68. The summed E-state index contributed by atoms with van der Waals surface area (Å²) in [6.07, 6.45) is 1.56. The van der Waals surface area contributed by atoms with E-state index in [1.807, 2.05) is 0 Å². The Kier molecular flexibility index (Phi) is 4.88. The first-order valence-electron chi connectivity index (χ1n) is 7.05. The van der Waals surface area contributed by atoms with E-state index >= 15 is 0 Å². The Morgan fingerprint density at radius 1 is 1.24 bits per heavy atom. The number of sulfonamides is 1. The molecule has 0 aliphatic rings. The minimum absolute atomic E-state index is 0.00939. The normalized spacial score (nSPS) is 11.4. The zero-order valence-corrected chi connectivity index (χ0v) is 14.6. The minimum Gasteiger partial charge on any atom is -0.438 e. The van der Waals surface area contributed by atoms with Crippen molar-refractivity contribution in [3.05, 3.63) is 53.0 Å². The second-order valence-corrected chi connectivity index (χ2v) is 7.72. The van der Waals surface area contributed by atoms with Crippen molar-refractivity contribution in [3.8, 4) is 0 Å². The molecule has 3 rings (SSSR count). The Hall–Kier alpha value is -2.63. The number of hydrogen-bond donors (Lipinski definition) is 2. The molecule has 0 unspecified atom stereocenters. The summed E-state index contributed by atoms with van der Waals surface area (Å²) in [5.41, 5.74) is 0.558. The molecule has 9 nitrogen and oxygen atoms in total. The molecule has 0 aliphatic carbocycles. The fourth-order valence-corrected chi connectivity index (χ4v) is 3.35. The molecule has 0 saturated carbocycles. The van der Waals surface area contributed by atoms with Gasteiger partial charge in [-0.05, 0) is 31.2 Å². The van der Waals surface area contributed by atoms with Crippen LogP contribution in [0.3, 0.4) is 0 Å². The third-order valence-electron chi connectivity index (χ3n) is 2.99. The van der Waals surface area contributed by atoms with Gasteiger partial charge in [0.1, 0.15) is 5.01 Å². The number of aromatic nitrogens is 3. The van der Waals surface area contributed by atoms with E-state index in [2.05, 4.69) is 25.2 Å². The van der Waals surface area contributed by atoms with Crippen molar-refractivity contribution >= 4 is 32.4 Å². The lowest BCUT2D eigenvalue weighted by Crippen LogP contribution is -2.23. The number of anilines is 1. The summed E-state index contributed by atoms with van der Waals surface area (Å²) >= 11 is 1.20. The van der Waals surface area contributed by atoms with Crippen LogP contribution in [0.4, 0.5) is 5.13 Å². The molecule has 0 bridgehead atoms. The van der Waals surface area contributed by atoms with Crippen LogP contribution in [-0.2, 0) is 16.6 Å². The molecule has 0 spiro atoms. The van der Waals surface area contributed by atoms with Gasteiger partial charge in [-0.25, -0.2) is 13.1 Å². The third-order valence-corrected chi connectivity index (χ3v) is 5.01. The van der Waals surface area contributed by atoms with E-state index in [-0.39, 0.29) is 17.4 Å². The smallest absolute Gasteiger partial charge is 0.293 e. The monoisotopic (exact) mass is 379 g/mol. The van der Waals surface area contributed by atoms with Crippen LogP contribution in [0, 0.1) is 6.92 Å². The van der Waals surface area contributed by atoms with Crippen molar-refractivity contribution in [2.24, 2.45) is 0 Å². The Morgan fingerprint density at radius 3 is 2.76 bits per heavy atom. The van der Waals surface area contributed by atoms with Crippen molar-refractivity contribution in [1.29, 1.82) is 0 Å². The number of furan rings is 1. The molecule has 0 aliphatic heterocycles. The molecular formula is C14H13N5O4S2. The third kappa shape index (κ3) is 4.26. The van der Waals surface area contributed by atoms with Gasteiger partial charge in [-0.3, -0.25) is 15.1 Å². The van der Waals surface area contributed by atoms with E-state index < -0.39 is 15.9 Å². The van der Waals surface area contributed by atoms with Gasteiger partial charge in [-0.15, -0.1) is 10.2 Å². The van der Waals surface area contributed by atoms with Gasteiger partial charge in [-0.1, -0.05) is 17.4 Å². The lowest BCUT2D eigenvalue weighted by molar-refractivity contribution is 0.0991. The molecule has 0 saturated heterocycles. The predicted molar refractivity (Wildman–Crippen MR) is 89.6 cm³/mol. The largest absolute Gasteiger partial charge is 0.438 e. The van der Waals surface area contributed by atoms with Crippen LogP contribution in [0.25, 0.3) is 0 Å². The topological polar surface area (TPSA) is 127 Å². The first-order chi connectivity index (χ1) is 11.9. The average molecular weight is 379 g/mol. The van der Waals surface area contributed by atoms with Gasteiger partial charge in [0.15, 0.2) is 5.76 Å². The number of carbonyl (C=O) groups excluding carboxylic acids is 1. The van der Waals surface area contributed by atoms with E-state index in [9.17, 15) is 13.2 Å². The van der Waals surface area contributed by atoms with Crippen molar-refractivity contribution < 1.29 is 17.6 Å². The molecule has 3 aromatic rings. The fourth-order valence-electron chi connectivity index (χ4n) is 1.84. The number of amides is 1. The van der Waals surface area contributed by atoms with Crippen LogP contribution in [0.5, 0.6) is 0 Å². The van der Waals surface area contributed by atoms with Crippen molar-refractivity contribution in [2.45, 2.75) is 18.6 Å². The van der Waals surface area contributed by atoms with Gasteiger partial charge in [0.2, 0.25) is 10.2 Å². The highest BCUT2D eigenvalue weighted by atomic mass is 32.2. The highest BCUT2D eigenvalue weighted by Crippen LogP contribution is 2.18. The number of nitrogens with one attached hydrogen (secondary N) is 2. The molecular weight excluding hydrogens is 366 g/mol. The molecule has 0 atom stereocenters. The van der Waals surface area contributed by atoms with Crippen LogP contribution in [0.15, 0.2) is 46.0 Å². The maximum atomic E-state index is 12.2. The molecule has 3 heterocycles. The zero-order chi connectivity index (χ0) is 17.9. The molecule has 3 aromatic heterocycles. The number of aryl methyl sites for hydroxylation is 1. The van der Waals surface area contributed by atoms with Crippen LogP contribution in [-0.4, -0.2) is 29.5 Å². The lowest BCUT2D eigenvalue weighted by Gasteiger charge is -2.03. The van der Waals surface area contributed by atoms with E-state index in [4.69, 9.17) is 4.42 Å². The van der Waals surface area contributed by atoms with E-state index in [0.29, 0.717) is 15.8 Å².